The van der Waals surface area contributed by atoms with Gasteiger partial charge in [-0.15, -0.1) is 0 Å². The van der Waals surface area contributed by atoms with Crippen LogP contribution in [0.2, 0.25) is 0 Å². The SMILES string of the molecule is CC(C(=O)NCCCc1ncn[nH]1)N1CCCCCC1. The maximum Gasteiger partial charge on any atom is 0.237 e. The van der Waals surface area contributed by atoms with E-state index in [1.54, 1.807) is 0 Å². The van der Waals surface area contributed by atoms with Crippen molar-refractivity contribution >= 4 is 5.91 Å². The van der Waals surface area contributed by atoms with Gasteiger partial charge in [-0.05, 0) is 39.3 Å². The van der Waals surface area contributed by atoms with Gasteiger partial charge in [0.25, 0.3) is 0 Å². The molecule has 0 aromatic carbocycles. The first-order chi connectivity index (χ1) is 9.77. The number of nitrogens with one attached hydrogen (secondary N) is 2. The molecule has 1 fully saturated rings. The molecule has 0 aliphatic carbocycles. The lowest BCUT2D eigenvalue weighted by Crippen LogP contribution is -2.45. The summed E-state index contributed by atoms with van der Waals surface area (Å²) in [5.41, 5.74) is 0. The van der Waals surface area contributed by atoms with Gasteiger partial charge in [-0.2, -0.15) is 5.10 Å². The highest BCUT2D eigenvalue weighted by atomic mass is 16.2. The minimum Gasteiger partial charge on any atom is -0.355 e. The van der Waals surface area contributed by atoms with Crippen molar-refractivity contribution in [1.82, 2.24) is 25.4 Å². The Labute approximate surface area is 120 Å². The highest BCUT2D eigenvalue weighted by Gasteiger charge is 2.21. The molecule has 20 heavy (non-hydrogen) atoms. The molecule has 6 nitrogen and oxygen atoms in total. The summed E-state index contributed by atoms with van der Waals surface area (Å²) < 4.78 is 0. The molecule has 1 saturated heterocycles. The third kappa shape index (κ3) is 4.59. The minimum absolute atomic E-state index is 0.0154. The molecule has 1 unspecified atom stereocenters. The van der Waals surface area contributed by atoms with Gasteiger partial charge in [0.2, 0.25) is 5.91 Å². The molecular formula is C14H25N5O. The molecule has 0 bridgehead atoms. The minimum atomic E-state index is -0.0154. The summed E-state index contributed by atoms with van der Waals surface area (Å²) in [7, 11) is 0. The monoisotopic (exact) mass is 279 g/mol. The highest BCUT2D eigenvalue weighted by molar-refractivity contribution is 5.81. The lowest BCUT2D eigenvalue weighted by Gasteiger charge is -2.26. The van der Waals surface area contributed by atoms with E-state index < -0.39 is 0 Å². The van der Waals surface area contributed by atoms with Crippen molar-refractivity contribution in [2.75, 3.05) is 19.6 Å². The predicted molar refractivity (Wildman–Crippen MR) is 77.2 cm³/mol. The fourth-order valence-electron chi connectivity index (χ4n) is 2.61. The molecule has 0 radical (unpaired) electrons. The molecule has 2 N–H and O–H groups in total. The molecule has 2 rings (SSSR count). The smallest absolute Gasteiger partial charge is 0.237 e. The predicted octanol–water partition coefficient (Wildman–Crippen LogP) is 1.12. The molecule has 0 saturated carbocycles. The van der Waals surface area contributed by atoms with Gasteiger partial charge in [-0.3, -0.25) is 14.8 Å². The molecular weight excluding hydrogens is 254 g/mol. The van der Waals surface area contributed by atoms with Crippen LogP contribution in [-0.4, -0.2) is 51.7 Å². The first-order valence-corrected chi connectivity index (χ1v) is 7.63. The van der Waals surface area contributed by atoms with Crippen LogP contribution in [-0.2, 0) is 11.2 Å². The van der Waals surface area contributed by atoms with Gasteiger partial charge in [0.15, 0.2) is 0 Å². The van der Waals surface area contributed by atoms with Crippen LogP contribution < -0.4 is 5.32 Å². The van der Waals surface area contributed by atoms with E-state index in [0.717, 1.165) is 31.8 Å². The molecule has 6 heteroatoms. The van der Waals surface area contributed by atoms with Crippen LogP contribution in [0.4, 0.5) is 0 Å². The van der Waals surface area contributed by atoms with Crippen molar-refractivity contribution in [2.45, 2.75) is 51.5 Å². The Balaban J connectivity index is 1.65. The summed E-state index contributed by atoms with van der Waals surface area (Å²) in [6.45, 7) is 4.80. The van der Waals surface area contributed by atoms with E-state index in [0.29, 0.717) is 6.54 Å². The number of hydrogen-bond donors (Lipinski definition) is 2. The maximum absolute atomic E-state index is 12.1. The number of carbonyl (C=O) groups is 1. The summed E-state index contributed by atoms with van der Waals surface area (Å²) in [5, 5.41) is 9.65. The lowest BCUT2D eigenvalue weighted by atomic mass is 10.2. The number of aryl methyl sites for hydroxylation is 1. The third-order valence-electron chi connectivity index (χ3n) is 3.92. The Morgan fingerprint density at radius 3 is 2.80 bits per heavy atom. The summed E-state index contributed by atoms with van der Waals surface area (Å²) in [4.78, 5) is 18.5. The molecule has 1 aromatic heterocycles. The van der Waals surface area contributed by atoms with Crippen LogP contribution in [0.5, 0.6) is 0 Å². The van der Waals surface area contributed by atoms with E-state index in [4.69, 9.17) is 0 Å². The van der Waals surface area contributed by atoms with Gasteiger partial charge in [-0.25, -0.2) is 4.98 Å². The van der Waals surface area contributed by atoms with Crippen molar-refractivity contribution in [3.8, 4) is 0 Å². The van der Waals surface area contributed by atoms with Crippen LogP contribution >= 0.6 is 0 Å². The van der Waals surface area contributed by atoms with E-state index >= 15 is 0 Å². The van der Waals surface area contributed by atoms with Crippen molar-refractivity contribution in [1.29, 1.82) is 0 Å². The molecule has 112 valence electrons. The number of aromatic amines is 1. The number of hydrogen-bond acceptors (Lipinski definition) is 4. The number of rotatable bonds is 6. The van der Waals surface area contributed by atoms with Crippen molar-refractivity contribution in [3.05, 3.63) is 12.2 Å². The standard InChI is InChI=1S/C14H25N5O/c1-12(19-9-4-2-3-5-10-19)14(20)15-8-6-7-13-16-11-17-18-13/h11-12H,2-10H2,1H3,(H,15,20)(H,16,17,18). The van der Waals surface area contributed by atoms with Gasteiger partial charge in [0, 0.05) is 13.0 Å². The Morgan fingerprint density at radius 1 is 1.40 bits per heavy atom. The van der Waals surface area contributed by atoms with Gasteiger partial charge >= 0.3 is 0 Å². The number of likely N-dealkylation sites (tertiary alicyclic amines) is 1. The largest absolute Gasteiger partial charge is 0.355 e. The number of aromatic nitrogens is 3. The Morgan fingerprint density at radius 2 is 2.15 bits per heavy atom. The maximum atomic E-state index is 12.1. The summed E-state index contributed by atoms with van der Waals surface area (Å²) >= 11 is 0. The van der Waals surface area contributed by atoms with E-state index in [2.05, 4.69) is 25.4 Å². The summed E-state index contributed by atoms with van der Waals surface area (Å²) in [5.74, 6) is 1.02. The Bertz CT molecular complexity index is 384. The molecule has 1 atom stereocenters. The second-order valence-electron chi connectivity index (χ2n) is 5.45. The highest BCUT2D eigenvalue weighted by Crippen LogP contribution is 2.12. The first kappa shape index (κ1) is 15.0. The van der Waals surface area contributed by atoms with Gasteiger partial charge < -0.3 is 5.32 Å². The van der Waals surface area contributed by atoms with Crippen molar-refractivity contribution < 1.29 is 4.79 Å². The van der Waals surface area contributed by atoms with Gasteiger partial charge in [0.1, 0.15) is 12.2 Å². The number of nitrogens with zero attached hydrogens (tertiary/aromatic N) is 3. The quantitative estimate of drug-likeness (QED) is 0.765. The summed E-state index contributed by atoms with van der Waals surface area (Å²) in [6.07, 6.45) is 8.22. The molecule has 1 aliphatic rings. The van der Waals surface area contributed by atoms with Crippen LogP contribution in [0.25, 0.3) is 0 Å². The number of amides is 1. The van der Waals surface area contributed by atoms with E-state index in [1.807, 2.05) is 6.92 Å². The normalized spacial score (nSPS) is 18.4. The fraction of sp³-hybridized carbons (Fsp3) is 0.786. The third-order valence-corrected chi connectivity index (χ3v) is 3.92. The second-order valence-corrected chi connectivity index (χ2v) is 5.45. The van der Waals surface area contributed by atoms with Crippen LogP contribution in [0.15, 0.2) is 6.33 Å². The van der Waals surface area contributed by atoms with Gasteiger partial charge in [0.05, 0.1) is 6.04 Å². The molecule has 0 spiro atoms. The zero-order valence-corrected chi connectivity index (χ0v) is 12.3. The number of H-pyrrole nitrogens is 1. The summed E-state index contributed by atoms with van der Waals surface area (Å²) in [6, 6.07) is -0.0154. The zero-order valence-electron chi connectivity index (χ0n) is 12.3. The molecule has 1 aliphatic heterocycles. The van der Waals surface area contributed by atoms with E-state index in [9.17, 15) is 4.79 Å². The van der Waals surface area contributed by atoms with E-state index in [1.165, 1.54) is 32.0 Å². The molecule has 1 aromatic rings. The van der Waals surface area contributed by atoms with Crippen molar-refractivity contribution in [2.24, 2.45) is 0 Å². The van der Waals surface area contributed by atoms with Crippen LogP contribution in [0.3, 0.4) is 0 Å². The fourth-order valence-corrected chi connectivity index (χ4v) is 2.61. The van der Waals surface area contributed by atoms with Gasteiger partial charge in [-0.1, -0.05) is 12.8 Å². The molecule has 2 heterocycles. The first-order valence-electron chi connectivity index (χ1n) is 7.63. The van der Waals surface area contributed by atoms with Crippen LogP contribution in [0.1, 0.15) is 44.9 Å². The average Bonchev–Trinajstić information content (AvgIpc) is 2.83. The van der Waals surface area contributed by atoms with Crippen LogP contribution in [0, 0.1) is 0 Å². The molecule has 1 amide bonds. The number of carbonyl (C=O) groups excluding carboxylic acids is 1. The second kappa shape index (κ2) is 7.99. The Hall–Kier alpha value is -1.43. The average molecular weight is 279 g/mol. The lowest BCUT2D eigenvalue weighted by molar-refractivity contribution is -0.125. The van der Waals surface area contributed by atoms with E-state index in [-0.39, 0.29) is 11.9 Å². The topological polar surface area (TPSA) is 73.9 Å². The zero-order chi connectivity index (χ0) is 14.2. The Kier molecular flexibility index (Phi) is 5.98. The van der Waals surface area contributed by atoms with Crippen molar-refractivity contribution in [3.63, 3.8) is 0 Å².